The number of carbonyl (C=O) groups is 1. The molecule has 1 amide bonds. The molecule has 168 valence electrons. The number of nitrogens with one attached hydrogen (secondary N) is 2. The van der Waals surface area contributed by atoms with Gasteiger partial charge in [0, 0.05) is 26.0 Å². The molecule has 0 radical (unpaired) electrons. The third kappa shape index (κ3) is 5.41. The van der Waals surface area contributed by atoms with Crippen molar-refractivity contribution in [3.8, 4) is 0 Å². The number of rotatable bonds is 8. The van der Waals surface area contributed by atoms with Crippen molar-refractivity contribution in [3.05, 3.63) is 59.7 Å². The quantitative estimate of drug-likeness (QED) is 0.576. The van der Waals surface area contributed by atoms with Crippen LogP contribution in [0.25, 0.3) is 0 Å². The molecule has 1 unspecified atom stereocenters. The first-order valence-electron chi connectivity index (χ1n) is 10.6. The predicted octanol–water partition coefficient (Wildman–Crippen LogP) is 3.35. The minimum atomic E-state index is -0.772. The summed E-state index contributed by atoms with van der Waals surface area (Å²) in [6, 6.07) is 8.17. The number of ether oxygens (including phenoxy) is 1. The largest absolute Gasteiger partial charge is 0.380 e. The lowest BCUT2D eigenvalue weighted by Gasteiger charge is -2.31. The first kappa shape index (κ1) is 23.6. The van der Waals surface area contributed by atoms with Crippen LogP contribution in [0.4, 0.5) is 10.1 Å². The maximum Gasteiger partial charge on any atom is 0.241 e. The molecular weight excluding hydrogens is 419 g/mol. The average molecular weight is 449 g/mol. The fourth-order valence-corrected chi connectivity index (χ4v) is 4.14. The van der Waals surface area contributed by atoms with Gasteiger partial charge in [-0.05, 0) is 60.6 Å². The van der Waals surface area contributed by atoms with E-state index >= 15 is 0 Å². The summed E-state index contributed by atoms with van der Waals surface area (Å²) >= 11 is 0. The molecule has 1 aromatic heterocycles. The van der Waals surface area contributed by atoms with Gasteiger partial charge in [-0.3, -0.25) is 9.78 Å². The fourth-order valence-electron chi connectivity index (χ4n) is 4.14. The first-order chi connectivity index (χ1) is 14.5. The lowest BCUT2D eigenvalue weighted by atomic mass is 9.79. The Morgan fingerprint density at radius 3 is 2.68 bits per heavy atom. The molecule has 4 N–H and O–H groups in total. The molecule has 1 saturated carbocycles. The molecule has 31 heavy (non-hydrogen) atoms. The van der Waals surface area contributed by atoms with Crippen molar-refractivity contribution in [2.24, 2.45) is 11.7 Å². The van der Waals surface area contributed by atoms with Gasteiger partial charge in [-0.25, -0.2) is 4.39 Å². The number of benzene rings is 1. The molecule has 8 heteroatoms. The van der Waals surface area contributed by atoms with Crippen LogP contribution >= 0.6 is 12.4 Å². The predicted molar refractivity (Wildman–Crippen MR) is 121 cm³/mol. The molecule has 4 rings (SSSR count). The van der Waals surface area contributed by atoms with Gasteiger partial charge in [0.15, 0.2) is 0 Å². The minimum Gasteiger partial charge on any atom is -0.380 e. The summed E-state index contributed by atoms with van der Waals surface area (Å²) in [4.78, 5) is 16.7. The molecule has 2 heterocycles. The Labute approximate surface area is 188 Å². The zero-order valence-corrected chi connectivity index (χ0v) is 18.5. The number of nitrogens with zero attached hydrogens (tertiary/aromatic N) is 1. The van der Waals surface area contributed by atoms with Crippen LogP contribution in [0.3, 0.4) is 0 Å². The number of amides is 1. The lowest BCUT2D eigenvalue weighted by molar-refractivity contribution is -0.118. The Balaban J connectivity index is 0.00000272. The van der Waals surface area contributed by atoms with E-state index in [1.807, 2.05) is 12.1 Å². The number of hydrogen-bond donors (Lipinski definition) is 3. The number of pyridine rings is 1. The van der Waals surface area contributed by atoms with E-state index in [1.54, 1.807) is 31.6 Å². The van der Waals surface area contributed by atoms with Crippen LogP contribution in [0.5, 0.6) is 0 Å². The molecule has 3 atom stereocenters. The van der Waals surface area contributed by atoms with E-state index < -0.39 is 17.4 Å². The third-order valence-corrected chi connectivity index (χ3v) is 6.32. The standard InChI is InChI=1S/C23H29FN4O2.ClH/c1-30-18-13-21(27-14-18)22(29)28-20-12-17(4-5-19(20)24)23(25,9-6-15-2-3-15)16-7-10-26-11-8-16;/h4-5,7-8,10-12,15,18,21,27H,2-3,6,9,13-14,25H2,1H3,(H,28,29);1H/t18-,21-,23?;/m1./s1. The molecule has 2 aliphatic rings. The van der Waals surface area contributed by atoms with Crippen molar-refractivity contribution in [2.75, 3.05) is 19.0 Å². The number of carbonyl (C=O) groups excluding carboxylic acids is 1. The van der Waals surface area contributed by atoms with E-state index in [-0.39, 0.29) is 30.1 Å². The van der Waals surface area contributed by atoms with Gasteiger partial charge in [-0.2, -0.15) is 0 Å². The SMILES string of the molecule is CO[C@H]1CN[C@@H](C(=O)Nc2cc(C(N)(CCC3CC3)c3ccncc3)ccc2F)C1.Cl. The summed E-state index contributed by atoms with van der Waals surface area (Å²) in [6.07, 6.45) is 8.24. The zero-order chi connectivity index (χ0) is 21.1. The average Bonchev–Trinajstić information content (AvgIpc) is 3.48. The zero-order valence-electron chi connectivity index (χ0n) is 17.6. The van der Waals surface area contributed by atoms with Gasteiger partial charge in [-0.15, -0.1) is 12.4 Å². The summed E-state index contributed by atoms with van der Waals surface area (Å²) in [5.41, 5.74) is 8.02. The number of anilines is 1. The van der Waals surface area contributed by atoms with Crippen LogP contribution in [0.2, 0.25) is 0 Å². The Morgan fingerprint density at radius 2 is 2.03 bits per heavy atom. The van der Waals surface area contributed by atoms with Gasteiger partial charge in [0.25, 0.3) is 0 Å². The van der Waals surface area contributed by atoms with Gasteiger partial charge in [0.2, 0.25) is 5.91 Å². The van der Waals surface area contributed by atoms with E-state index in [1.165, 1.54) is 18.9 Å². The van der Waals surface area contributed by atoms with Crippen molar-refractivity contribution in [1.82, 2.24) is 10.3 Å². The third-order valence-electron chi connectivity index (χ3n) is 6.32. The van der Waals surface area contributed by atoms with E-state index in [9.17, 15) is 9.18 Å². The smallest absolute Gasteiger partial charge is 0.241 e. The summed E-state index contributed by atoms with van der Waals surface area (Å²) in [6.45, 7) is 0.603. The summed E-state index contributed by atoms with van der Waals surface area (Å²) in [5, 5.41) is 5.85. The van der Waals surface area contributed by atoms with E-state index in [2.05, 4.69) is 15.6 Å². The molecule has 1 saturated heterocycles. The van der Waals surface area contributed by atoms with E-state index in [0.29, 0.717) is 13.0 Å². The van der Waals surface area contributed by atoms with Crippen LogP contribution in [0.1, 0.15) is 43.2 Å². The Hall–Kier alpha value is -2.06. The monoisotopic (exact) mass is 448 g/mol. The van der Waals surface area contributed by atoms with Gasteiger partial charge < -0.3 is 21.1 Å². The number of halogens is 2. The summed E-state index contributed by atoms with van der Waals surface area (Å²) in [5.74, 6) is -0.0284. The molecule has 0 spiro atoms. The Bertz CT molecular complexity index is 896. The van der Waals surface area contributed by atoms with Gasteiger partial charge in [0.1, 0.15) is 5.82 Å². The molecule has 2 aromatic rings. The van der Waals surface area contributed by atoms with Gasteiger partial charge in [-0.1, -0.05) is 18.9 Å². The van der Waals surface area contributed by atoms with Crippen LogP contribution in [0, 0.1) is 11.7 Å². The van der Waals surface area contributed by atoms with Gasteiger partial charge in [0.05, 0.1) is 23.4 Å². The van der Waals surface area contributed by atoms with Crippen LogP contribution in [-0.2, 0) is 15.1 Å². The van der Waals surface area contributed by atoms with Crippen LogP contribution in [0.15, 0.2) is 42.7 Å². The molecular formula is C23H30ClFN4O2. The number of hydrogen-bond acceptors (Lipinski definition) is 5. The van der Waals surface area contributed by atoms with E-state index in [0.717, 1.165) is 29.9 Å². The highest BCUT2D eigenvalue weighted by Gasteiger charge is 2.34. The van der Waals surface area contributed by atoms with Crippen LogP contribution in [-0.4, -0.2) is 36.7 Å². The highest BCUT2D eigenvalue weighted by Crippen LogP contribution is 2.40. The highest BCUT2D eigenvalue weighted by molar-refractivity contribution is 5.95. The van der Waals surface area contributed by atoms with Crippen molar-refractivity contribution in [2.45, 2.75) is 49.8 Å². The van der Waals surface area contributed by atoms with E-state index in [4.69, 9.17) is 10.5 Å². The minimum absolute atomic E-state index is 0. The number of nitrogens with two attached hydrogens (primary N) is 1. The summed E-state index contributed by atoms with van der Waals surface area (Å²) in [7, 11) is 1.62. The Morgan fingerprint density at radius 1 is 1.29 bits per heavy atom. The van der Waals surface area contributed by atoms with Crippen molar-refractivity contribution in [1.29, 1.82) is 0 Å². The maximum atomic E-state index is 14.6. The number of methoxy groups -OCH3 is 1. The fraction of sp³-hybridized carbons (Fsp3) is 0.478. The second kappa shape index (κ2) is 10.0. The topological polar surface area (TPSA) is 89.3 Å². The molecule has 1 aromatic carbocycles. The highest BCUT2D eigenvalue weighted by atomic mass is 35.5. The second-order valence-electron chi connectivity index (χ2n) is 8.43. The second-order valence-corrected chi connectivity index (χ2v) is 8.43. The normalized spacial score (nSPS) is 22.4. The molecule has 1 aliphatic heterocycles. The van der Waals surface area contributed by atoms with Crippen molar-refractivity contribution < 1.29 is 13.9 Å². The van der Waals surface area contributed by atoms with Crippen molar-refractivity contribution >= 4 is 24.0 Å². The number of aromatic nitrogens is 1. The maximum absolute atomic E-state index is 14.6. The first-order valence-corrected chi connectivity index (χ1v) is 10.6. The molecule has 0 bridgehead atoms. The van der Waals surface area contributed by atoms with Crippen LogP contribution < -0.4 is 16.4 Å². The molecule has 6 nitrogen and oxygen atoms in total. The summed E-state index contributed by atoms with van der Waals surface area (Å²) < 4.78 is 19.9. The molecule has 2 fully saturated rings. The molecule has 1 aliphatic carbocycles. The Kier molecular flexibility index (Phi) is 7.64. The lowest BCUT2D eigenvalue weighted by Crippen LogP contribution is -2.39. The van der Waals surface area contributed by atoms with Crippen molar-refractivity contribution in [3.63, 3.8) is 0 Å². The van der Waals surface area contributed by atoms with Gasteiger partial charge >= 0.3 is 0 Å².